The number of esters is 1. The van der Waals surface area contributed by atoms with Gasteiger partial charge in [-0.3, -0.25) is 0 Å². The van der Waals surface area contributed by atoms with Crippen LogP contribution in [0.5, 0.6) is 5.75 Å². The molecule has 1 aliphatic heterocycles. The summed E-state index contributed by atoms with van der Waals surface area (Å²) < 4.78 is 16.5. The highest BCUT2D eigenvalue weighted by Gasteiger charge is 2.35. The quantitative estimate of drug-likeness (QED) is 0.737. The van der Waals surface area contributed by atoms with Crippen molar-refractivity contribution in [3.05, 3.63) is 64.2 Å². The molecule has 2 amide bonds. The number of furan rings is 1. The first-order valence-corrected chi connectivity index (χ1v) is 8.78. The SMILES string of the molecule is CCOC(=O)C1=C(COc2ccc(Cl)cc2)NC(=O)NC1c1ccc(C)o1. The van der Waals surface area contributed by atoms with Crippen LogP contribution in [0, 0.1) is 6.92 Å². The monoisotopic (exact) mass is 390 g/mol. The van der Waals surface area contributed by atoms with E-state index in [2.05, 4.69) is 10.6 Å². The zero-order valence-electron chi connectivity index (χ0n) is 14.9. The van der Waals surface area contributed by atoms with E-state index in [4.69, 9.17) is 25.5 Å². The Hall–Kier alpha value is -2.93. The highest BCUT2D eigenvalue weighted by molar-refractivity contribution is 6.30. The average Bonchev–Trinajstić information content (AvgIpc) is 3.07. The number of hydrogen-bond donors (Lipinski definition) is 2. The number of carbonyl (C=O) groups excluding carboxylic acids is 2. The molecule has 0 aliphatic carbocycles. The number of ether oxygens (including phenoxy) is 2. The molecule has 1 aliphatic rings. The molecule has 2 N–H and O–H groups in total. The maximum Gasteiger partial charge on any atom is 0.338 e. The Balaban J connectivity index is 1.93. The maximum absolute atomic E-state index is 12.6. The Labute approximate surface area is 161 Å². The second-order valence-electron chi connectivity index (χ2n) is 5.84. The Morgan fingerprint density at radius 3 is 2.59 bits per heavy atom. The van der Waals surface area contributed by atoms with E-state index >= 15 is 0 Å². The molecule has 0 saturated heterocycles. The number of aryl methyl sites for hydroxylation is 1. The van der Waals surface area contributed by atoms with Gasteiger partial charge in [0.1, 0.15) is 29.9 Å². The first kappa shape index (κ1) is 18.8. The van der Waals surface area contributed by atoms with Crippen LogP contribution in [-0.2, 0) is 9.53 Å². The molecule has 0 spiro atoms. The lowest BCUT2D eigenvalue weighted by Gasteiger charge is -2.27. The summed E-state index contributed by atoms with van der Waals surface area (Å²) >= 11 is 5.87. The van der Waals surface area contributed by atoms with Crippen LogP contribution in [0.25, 0.3) is 0 Å². The summed E-state index contributed by atoms with van der Waals surface area (Å²) in [5, 5.41) is 5.91. The van der Waals surface area contributed by atoms with Crippen LogP contribution in [-0.4, -0.2) is 25.2 Å². The van der Waals surface area contributed by atoms with Crippen molar-refractivity contribution in [3.8, 4) is 5.75 Å². The Morgan fingerprint density at radius 2 is 1.96 bits per heavy atom. The fourth-order valence-corrected chi connectivity index (χ4v) is 2.82. The van der Waals surface area contributed by atoms with Crippen molar-refractivity contribution in [3.63, 3.8) is 0 Å². The van der Waals surface area contributed by atoms with Crippen molar-refractivity contribution in [1.29, 1.82) is 0 Å². The minimum absolute atomic E-state index is 0.0284. The van der Waals surface area contributed by atoms with Crippen LogP contribution >= 0.6 is 11.6 Å². The third kappa shape index (κ3) is 4.43. The molecule has 1 unspecified atom stereocenters. The smallest absolute Gasteiger partial charge is 0.338 e. The molecule has 0 radical (unpaired) electrons. The van der Waals surface area contributed by atoms with E-state index in [1.807, 2.05) is 0 Å². The molecule has 142 valence electrons. The Morgan fingerprint density at radius 1 is 1.22 bits per heavy atom. The molecule has 1 atom stereocenters. The average molecular weight is 391 g/mol. The molecule has 0 bridgehead atoms. The molecule has 1 aromatic carbocycles. The van der Waals surface area contributed by atoms with Gasteiger partial charge in [0.15, 0.2) is 0 Å². The lowest BCUT2D eigenvalue weighted by Crippen LogP contribution is -2.47. The van der Waals surface area contributed by atoms with Gasteiger partial charge in [0.05, 0.1) is 17.9 Å². The number of urea groups is 1. The first-order valence-electron chi connectivity index (χ1n) is 8.40. The number of carbonyl (C=O) groups is 2. The third-order valence-corrected chi connectivity index (χ3v) is 4.14. The number of halogens is 1. The zero-order valence-corrected chi connectivity index (χ0v) is 15.6. The highest BCUT2D eigenvalue weighted by Crippen LogP contribution is 2.29. The van der Waals surface area contributed by atoms with Gasteiger partial charge in [-0.2, -0.15) is 0 Å². The largest absolute Gasteiger partial charge is 0.487 e. The summed E-state index contributed by atoms with van der Waals surface area (Å²) in [5.41, 5.74) is 0.547. The van der Waals surface area contributed by atoms with E-state index in [9.17, 15) is 9.59 Å². The van der Waals surface area contributed by atoms with Crippen LogP contribution in [0.15, 0.2) is 52.1 Å². The van der Waals surface area contributed by atoms with Gasteiger partial charge in [-0.1, -0.05) is 11.6 Å². The van der Waals surface area contributed by atoms with Crippen molar-refractivity contribution in [1.82, 2.24) is 10.6 Å². The van der Waals surface area contributed by atoms with E-state index in [1.54, 1.807) is 50.2 Å². The van der Waals surface area contributed by atoms with Gasteiger partial charge < -0.3 is 24.5 Å². The van der Waals surface area contributed by atoms with Crippen LogP contribution in [0.3, 0.4) is 0 Å². The molecule has 0 saturated carbocycles. The number of amides is 2. The van der Waals surface area contributed by atoms with Crippen LogP contribution in [0.2, 0.25) is 5.02 Å². The molecule has 3 rings (SSSR count). The molecule has 1 aromatic heterocycles. The minimum atomic E-state index is -0.768. The van der Waals surface area contributed by atoms with Gasteiger partial charge in [0.25, 0.3) is 0 Å². The van der Waals surface area contributed by atoms with E-state index < -0.39 is 18.0 Å². The topological polar surface area (TPSA) is 89.8 Å². The molecule has 27 heavy (non-hydrogen) atoms. The van der Waals surface area contributed by atoms with Gasteiger partial charge in [-0.25, -0.2) is 9.59 Å². The van der Waals surface area contributed by atoms with Crippen molar-refractivity contribution in [2.24, 2.45) is 0 Å². The van der Waals surface area contributed by atoms with Gasteiger partial charge in [-0.15, -0.1) is 0 Å². The second-order valence-corrected chi connectivity index (χ2v) is 6.27. The summed E-state index contributed by atoms with van der Waals surface area (Å²) in [6.45, 7) is 3.67. The molecular weight excluding hydrogens is 372 g/mol. The predicted octanol–water partition coefficient (Wildman–Crippen LogP) is 3.49. The van der Waals surface area contributed by atoms with Gasteiger partial charge in [0, 0.05) is 5.02 Å². The van der Waals surface area contributed by atoms with Gasteiger partial charge >= 0.3 is 12.0 Å². The molecule has 7 nitrogen and oxygen atoms in total. The van der Waals surface area contributed by atoms with Crippen molar-refractivity contribution < 1.29 is 23.5 Å². The normalized spacial score (nSPS) is 16.6. The Kier molecular flexibility index (Phi) is 5.71. The van der Waals surface area contributed by atoms with E-state index in [0.29, 0.717) is 28.0 Å². The van der Waals surface area contributed by atoms with E-state index in [1.165, 1.54) is 0 Å². The van der Waals surface area contributed by atoms with Crippen LogP contribution in [0.4, 0.5) is 4.79 Å². The summed E-state index contributed by atoms with van der Waals surface area (Å²) in [4.78, 5) is 24.7. The molecule has 0 fully saturated rings. The number of hydrogen-bond acceptors (Lipinski definition) is 5. The predicted molar refractivity (Wildman–Crippen MR) is 98.5 cm³/mol. The fraction of sp³-hybridized carbons (Fsp3) is 0.263. The Bertz CT molecular complexity index is 872. The molecular formula is C19H19ClN2O5. The van der Waals surface area contributed by atoms with Crippen LogP contribution in [0.1, 0.15) is 24.5 Å². The highest BCUT2D eigenvalue weighted by atomic mass is 35.5. The fourth-order valence-electron chi connectivity index (χ4n) is 2.69. The lowest BCUT2D eigenvalue weighted by atomic mass is 10.0. The van der Waals surface area contributed by atoms with E-state index in [0.717, 1.165) is 0 Å². The molecule has 2 aromatic rings. The lowest BCUT2D eigenvalue weighted by molar-refractivity contribution is -0.139. The molecule has 2 heterocycles. The van der Waals surface area contributed by atoms with Crippen LogP contribution < -0.4 is 15.4 Å². The van der Waals surface area contributed by atoms with Gasteiger partial charge in [-0.05, 0) is 50.2 Å². The standard InChI is InChI=1S/C19H19ClN2O5/c1-3-25-18(23)16-14(10-26-13-7-5-12(20)6-8-13)21-19(24)22-17(16)15-9-4-11(2)27-15/h4-9,17H,3,10H2,1-2H3,(H2,21,22,24). The van der Waals surface area contributed by atoms with Crippen molar-refractivity contribution in [2.75, 3.05) is 13.2 Å². The number of nitrogens with one attached hydrogen (secondary N) is 2. The van der Waals surface area contributed by atoms with Crippen molar-refractivity contribution >= 4 is 23.6 Å². The summed E-state index contributed by atoms with van der Waals surface area (Å²) in [6.07, 6.45) is 0. The number of benzene rings is 1. The first-order chi connectivity index (χ1) is 13.0. The zero-order chi connectivity index (χ0) is 19.4. The third-order valence-electron chi connectivity index (χ3n) is 3.89. The summed E-state index contributed by atoms with van der Waals surface area (Å²) in [7, 11) is 0. The van der Waals surface area contributed by atoms with Gasteiger partial charge in [0.2, 0.25) is 0 Å². The van der Waals surface area contributed by atoms with E-state index in [-0.39, 0.29) is 18.8 Å². The van der Waals surface area contributed by atoms with Crippen molar-refractivity contribution in [2.45, 2.75) is 19.9 Å². The summed E-state index contributed by atoms with van der Waals surface area (Å²) in [5.74, 6) is 1.10. The summed E-state index contributed by atoms with van der Waals surface area (Å²) in [6, 6.07) is 9.01. The maximum atomic E-state index is 12.6. The number of rotatable bonds is 6. The second kappa shape index (κ2) is 8.18. The minimum Gasteiger partial charge on any atom is -0.487 e. The molecule has 8 heteroatoms.